The standard InChI is InChI=1S/C23H20FN5O3S2/c24-17-6-4-9-19(16-17)34(31,32)28-13-11-27(12-14-28)23(30)21-25-22(20-10-5-15-33-20)29(26-21)18-7-2-1-3-8-18/h1-10,15-16H,11-14H2. The summed E-state index contributed by atoms with van der Waals surface area (Å²) in [4.78, 5) is 20.1. The number of carbonyl (C=O) groups is 1. The van der Waals surface area contributed by atoms with Crippen LogP contribution < -0.4 is 0 Å². The van der Waals surface area contributed by atoms with E-state index >= 15 is 0 Å². The van der Waals surface area contributed by atoms with E-state index in [1.165, 1.54) is 33.8 Å². The van der Waals surface area contributed by atoms with Crippen LogP contribution in [0.5, 0.6) is 0 Å². The number of hydrogen-bond donors (Lipinski definition) is 0. The monoisotopic (exact) mass is 497 g/mol. The van der Waals surface area contributed by atoms with Crippen LogP contribution in [-0.4, -0.2) is 64.5 Å². The lowest BCUT2D eigenvalue weighted by molar-refractivity contribution is 0.0685. The molecular weight excluding hydrogens is 477 g/mol. The molecule has 2 aromatic carbocycles. The summed E-state index contributed by atoms with van der Waals surface area (Å²) in [5, 5.41) is 6.41. The Morgan fingerprint density at radius 1 is 0.941 bits per heavy atom. The second-order valence-corrected chi connectivity index (χ2v) is 10.5. The van der Waals surface area contributed by atoms with Crippen LogP contribution in [0.15, 0.2) is 77.0 Å². The van der Waals surface area contributed by atoms with E-state index in [9.17, 15) is 17.6 Å². The molecule has 0 aliphatic carbocycles. The molecule has 0 saturated carbocycles. The van der Waals surface area contributed by atoms with Crippen molar-refractivity contribution in [3.8, 4) is 16.4 Å². The van der Waals surface area contributed by atoms with Gasteiger partial charge in [-0.1, -0.05) is 30.3 Å². The molecule has 1 saturated heterocycles. The molecule has 174 valence electrons. The summed E-state index contributed by atoms with van der Waals surface area (Å²) < 4.78 is 42.1. The quantitative estimate of drug-likeness (QED) is 0.422. The van der Waals surface area contributed by atoms with Gasteiger partial charge in [0, 0.05) is 26.2 Å². The summed E-state index contributed by atoms with van der Waals surface area (Å²) in [7, 11) is -3.85. The van der Waals surface area contributed by atoms with Gasteiger partial charge in [0.15, 0.2) is 5.82 Å². The number of rotatable bonds is 5. The SMILES string of the molecule is O=C(c1nc(-c2cccs2)n(-c2ccccc2)n1)N1CCN(S(=O)(=O)c2cccc(F)c2)CC1. The number of para-hydroxylation sites is 1. The van der Waals surface area contributed by atoms with E-state index in [-0.39, 0.29) is 42.8 Å². The molecule has 1 aliphatic heterocycles. The maximum absolute atomic E-state index is 13.5. The van der Waals surface area contributed by atoms with Gasteiger partial charge in [-0.05, 0) is 41.8 Å². The molecule has 11 heteroatoms. The van der Waals surface area contributed by atoms with Crippen LogP contribution in [0.3, 0.4) is 0 Å². The molecule has 0 unspecified atom stereocenters. The second kappa shape index (κ2) is 9.09. The van der Waals surface area contributed by atoms with Gasteiger partial charge in [0.2, 0.25) is 15.8 Å². The number of thiophene rings is 1. The van der Waals surface area contributed by atoms with Crippen molar-refractivity contribution in [2.75, 3.05) is 26.2 Å². The Morgan fingerprint density at radius 3 is 2.38 bits per heavy atom. The van der Waals surface area contributed by atoms with Crippen molar-refractivity contribution in [1.29, 1.82) is 0 Å². The highest BCUT2D eigenvalue weighted by Crippen LogP contribution is 2.26. The van der Waals surface area contributed by atoms with E-state index in [0.717, 1.165) is 16.6 Å². The molecule has 0 atom stereocenters. The van der Waals surface area contributed by atoms with Crippen LogP contribution in [0, 0.1) is 5.82 Å². The molecular formula is C23H20FN5O3S2. The van der Waals surface area contributed by atoms with Crippen molar-refractivity contribution in [3.05, 3.63) is 83.8 Å². The minimum absolute atomic E-state index is 0.0497. The second-order valence-electron chi connectivity index (χ2n) is 7.64. The summed E-state index contributed by atoms with van der Waals surface area (Å²) in [6.45, 7) is 0.562. The number of carbonyl (C=O) groups excluding carboxylic acids is 1. The van der Waals surface area contributed by atoms with Crippen molar-refractivity contribution < 1.29 is 17.6 Å². The minimum Gasteiger partial charge on any atom is -0.333 e. The first-order valence-electron chi connectivity index (χ1n) is 10.5. The van der Waals surface area contributed by atoms with E-state index in [4.69, 9.17) is 0 Å². The Kier molecular flexibility index (Phi) is 5.98. The molecule has 4 aromatic rings. The number of sulfonamides is 1. The first-order valence-corrected chi connectivity index (χ1v) is 12.9. The number of halogens is 1. The molecule has 5 rings (SSSR count). The van der Waals surface area contributed by atoms with Crippen LogP contribution in [0.4, 0.5) is 4.39 Å². The number of benzene rings is 2. The van der Waals surface area contributed by atoms with Crippen LogP contribution in [-0.2, 0) is 10.0 Å². The van der Waals surface area contributed by atoms with Gasteiger partial charge >= 0.3 is 0 Å². The summed E-state index contributed by atoms with van der Waals surface area (Å²) in [5.41, 5.74) is 0.781. The Balaban J connectivity index is 1.36. The highest BCUT2D eigenvalue weighted by molar-refractivity contribution is 7.89. The van der Waals surface area contributed by atoms with Gasteiger partial charge in [0.05, 0.1) is 15.5 Å². The fourth-order valence-corrected chi connectivity index (χ4v) is 5.92. The molecule has 8 nitrogen and oxygen atoms in total. The zero-order valence-electron chi connectivity index (χ0n) is 17.9. The Bertz CT molecular complexity index is 1410. The Hall–Kier alpha value is -3.41. The van der Waals surface area contributed by atoms with Gasteiger partial charge < -0.3 is 4.90 Å². The molecule has 0 radical (unpaired) electrons. The van der Waals surface area contributed by atoms with Crippen LogP contribution >= 0.6 is 11.3 Å². The number of amides is 1. The van der Waals surface area contributed by atoms with E-state index in [1.54, 1.807) is 9.58 Å². The van der Waals surface area contributed by atoms with Gasteiger partial charge in [-0.2, -0.15) is 4.31 Å². The van der Waals surface area contributed by atoms with Gasteiger partial charge in [-0.25, -0.2) is 22.5 Å². The highest BCUT2D eigenvalue weighted by atomic mass is 32.2. The minimum atomic E-state index is -3.85. The average Bonchev–Trinajstić information content (AvgIpc) is 3.54. The number of aromatic nitrogens is 3. The molecule has 34 heavy (non-hydrogen) atoms. The topological polar surface area (TPSA) is 88.4 Å². The largest absolute Gasteiger partial charge is 0.333 e. The van der Waals surface area contributed by atoms with Crippen LogP contribution in [0.1, 0.15) is 10.6 Å². The Morgan fingerprint density at radius 2 is 1.71 bits per heavy atom. The van der Waals surface area contributed by atoms with Crippen molar-refractivity contribution in [2.24, 2.45) is 0 Å². The normalized spacial score (nSPS) is 14.9. The number of hydrogen-bond acceptors (Lipinski definition) is 6. The fourth-order valence-electron chi connectivity index (χ4n) is 3.77. The Labute approximate surface area is 199 Å². The van der Waals surface area contributed by atoms with E-state index < -0.39 is 15.8 Å². The smallest absolute Gasteiger partial charge is 0.293 e. The first kappa shape index (κ1) is 22.4. The number of nitrogens with zero attached hydrogens (tertiary/aromatic N) is 5. The molecule has 1 fully saturated rings. The maximum atomic E-state index is 13.5. The lowest BCUT2D eigenvalue weighted by atomic mass is 10.3. The van der Waals surface area contributed by atoms with E-state index in [1.807, 2.05) is 47.8 Å². The third kappa shape index (κ3) is 4.25. The van der Waals surface area contributed by atoms with Crippen molar-refractivity contribution in [2.45, 2.75) is 4.90 Å². The molecule has 2 aromatic heterocycles. The van der Waals surface area contributed by atoms with Gasteiger partial charge in [-0.3, -0.25) is 4.79 Å². The summed E-state index contributed by atoms with van der Waals surface area (Å²) in [6, 6.07) is 18.2. The summed E-state index contributed by atoms with van der Waals surface area (Å²) in [6.07, 6.45) is 0. The third-order valence-electron chi connectivity index (χ3n) is 5.50. The predicted octanol–water partition coefficient (Wildman–Crippen LogP) is 3.28. The molecule has 3 heterocycles. The lowest BCUT2D eigenvalue weighted by Crippen LogP contribution is -2.50. The maximum Gasteiger partial charge on any atom is 0.293 e. The molecule has 1 amide bonds. The highest BCUT2D eigenvalue weighted by Gasteiger charge is 2.32. The fraction of sp³-hybridized carbons (Fsp3) is 0.174. The average molecular weight is 498 g/mol. The van der Waals surface area contributed by atoms with E-state index in [2.05, 4.69) is 10.1 Å². The van der Waals surface area contributed by atoms with Crippen LogP contribution in [0.2, 0.25) is 0 Å². The van der Waals surface area contributed by atoms with Gasteiger partial charge in [0.1, 0.15) is 5.82 Å². The van der Waals surface area contributed by atoms with Gasteiger partial charge in [0.25, 0.3) is 5.91 Å². The van der Waals surface area contributed by atoms with Crippen LogP contribution in [0.25, 0.3) is 16.4 Å². The summed E-state index contributed by atoms with van der Waals surface area (Å²) in [5.74, 6) is -0.364. The zero-order chi connectivity index (χ0) is 23.7. The molecule has 0 spiro atoms. The third-order valence-corrected chi connectivity index (χ3v) is 8.26. The zero-order valence-corrected chi connectivity index (χ0v) is 19.5. The summed E-state index contributed by atoms with van der Waals surface area (Å²) >= 11 is 1.50. The lowest BCUT2D eigenvalue weighted by Gasteiger charge is -2.33. The van der Waals surface area contributed by atoms with E-state index in [0.29, 0.717) is 5.82 Å². The van der Waals surface area contributed by atoms with Crippen molar-refractivity contribution in [1.82, 2.24) is 24.0 Å². The molecule has 1 aliphatic rings. The number of piperazine rings is 1. The first-order chi connectivity index (χ1) is 16.4. The van der Waals surface area contributed by atoms with Gasteiger partial charge in [-0.15, -0.1) is 16.4 Å². The predicted molar refractivity (Wildman–Crippen MR) is 126 cm³/mol. The molecule has 0 N–H and O–H groups in total. The van der Waals surface area contributed by atoms with Crippen molar-refractivity contribution in [3.63, 3.8) is 0 Å². The van der Waals surface area contributed by atoms with Crippen molar-refractivity contribution >= 4 is 27.3 Å². The molecule has 0 bridgehead atoms.